The van der Waals surface area contributed by atoms with Crippen molar-refractivity contribution >= 4 is 40.2 Å². The minimum atomic E-state index is -2.88. The van der Waals surface area contributed by atoms with E-state index in [1.165, 1.54) is 17.9 Å². The molecule has 4 aromatic rings. The number of anilines is 3. The number of methoxy groups -OCH3 is 1. The second-order valence-electron chi connectivity index (χ2n) is 7.29. The zero-order valence-corrected chi connectivity index (χ0v) is 18.7. The number of halogens is 3. The lowest BCUT2D eigenvalue weighted by Gasteiger charge is -2.27. The van der Waals surface area contributed by atoms with Gasteiger partial charge in [-0.25, -0.2) is 18.7 Å². The molecule has 13 heteroatoms. The van der Waals surface area contributed by atoms with Crippen LogP contribution in [0.4, 0.5) is 26.4 Å². The molecule has 4 heterocycles. The number of ether oxygens (including phenoxy) is 2. The standard InChI is InChI=1S/C21H19ClF2N8O2/c1-33-14-4-2-3-13-16(14)27-18(17(23)24)32(13)21-29-19(26-12-5-6-15(22)25-11-12)28-20(30-21)31-7-9-34-10-8-31/h2-6,11,17H,7-10H2,1H3,(H,26,28,29,30). The molecule has 0 spiro atoms. The average Bonchev–Trinajstić information content (AvgIpc) is 3.26. The summed E-state index contributed by atoms with van der Waals surface area (Å²) in [6.07, 6.45) is -1.36. The number of alkyl halides is 2. The highest BCUT2D eigenvalue weighted by molar-refractivity contribution is 6.29. The normalized spacial score (nSPS) is 14.1. The molecule has 10 nitrogen and oxygen atoms in total. The highest BCUT2D eigenvalue weighted by Gasteiger charge is 2.25. The van der Waals surface area contributed by atoms with Crippen molar-refractivity contribution in [2.75, 3.05) is 43.6 Å². The third-order valence-electron chi connectivity index (χ3n) is 5.18. The van der Waals surface area contributed by atoms with Crippen LogP contribution >= 0.6 is 11.6 Å². The van der Waals surface area contributed by atoms with Gasteiger partial charge in [0, 0.05) is 13.1 Å². The molecule has 1 aromatic carbocycles. The van der Waals surface area contributed by atoms with Gasteiger partial charge in [0.25, 0.3) is 6.43 Å². The summed E-state index contributed by atoms with van der Waals surface area (Å²) in [4.78, 5) is 23.5. The van der Waals surface area contributed by atoms with Gasteiger partial charge >= 0.3 is 0 Å². The van der Waals surface area contributed by atoms with Crippen LogP contribution < -0.4 is 15.0 Å². The van der Waals surface area contributed by atoms with Crippen LogP contribution in [0.1, 0.15) is 12.2 Å². The molecular weight excluding hydrogens is 470 g/mol. The Bertz CT molecular complexity index is 1310. The number of hydrogen-bond donors (Lipinski definition) is 1. The molecule has 5 rings (SSSR count). The zero-order valence-electron chi connectivity index (χ0n) is 18.0. The lowest BCUT2D eigenvalue weighted by atomic mass is 10.3. The predicted molar refractivity (Wildman–Crippen MR) is 122 cm³/mol. The van der Waals surface area contributed by atoms with Gasteiger partial charge in [-0.3, -0.25) is 4.57 Å². The number of pyridine rings is 1. The zero-order chi connectivity index (χ0) is 23.7. The maximum Gasteiger partial charge on any atom is 0.296 e. The fraction of sp³-hybridized carbons (Fsp3) is 0.286. The number of imidazole rings is 1. The number of para-hydroxylation sites is 1. The molecule has 0 amide bonds. The van der Waals surface area contributed by atoms with E-state index in [-0.39, 0.29) is 17.4 Å². The molecule has 0 unspecified atom stereocenters. The first-order chi connectivity index (χ1) is 16.5. The minimum Gasteiger partial charge on any atom is -0.494 e. The lowest BCUT2D eigenvalue weighted by molar-refractivity contribution is 0.122. The first-order valence-electron chi connectivity index (χ1n) is 10.3. The Labute approximate surface area is 197 Å². The van der Waals surface area contributed by atoms with Crippen molar-refractivity contribution < 1.29 is 18.3 Å². The Morgan fingerprint density at radius 1 is 1.06 bits per heavy atom. The monoisotopic (exact) mass is 488 g/mol. The van der Waals surface area contributed by atoms with E-state index in [1.807, 2.05) is 4.90 Å². The SMILES string of the molecule is COc1cccc2c1nc(C(F)F)n2-c1nc(Nc2ccc(Cl)nc2)nc(N2CCOCC2)n1. The van der Waals surface area contributed by atoms with E-state index in [1.54, 1.807) is 30.3 Å². The number of hydrogen-bond acceptors (Lipinski definition) is 9. The molecule has 0 atom stereocenters. The molecule has 1 aliphatic heterocycles. The highest BCUT2D eigenvalue weighted by atomic mass is 35.5. The summed E-state index contributed by atoms with van der Waals surface area (Å²) in [5, 5.41) is 3.37. The number of benzene rings is 1. The van der Waals surface area contributed by atoms with Crippen molar-refractivity contribution in [1.29, 1.82) is 0 Å². The highest BCUT2D eigenvalue weighted by Crippen LogP contribution is 2.32. The molecule has 34 heavy (non-hydrogen) atoms. The molecule has 1 N–H and O–H groups in total. The van der Waals surface area contributed by atoms with Crippen LogP contribution in [0.5, 0.6) is 5.75 Å². The first kappa shape index (κ1) is 22.2. The number of nitrogens with one attached hydrogen (secondary N) is 1. The number of fused-ring (bicyclic) bond motifs is 1. The van der Waals surface area contributed by atoms with Crippen molar-refractivity contribution in [1.82, 2.24) is 29.5 Å². The Morgan fingerprint density at radius 2 is 1.85 bits per heavy atom. The van der Waals surface area contributed by atoms with Gasteiger partial charge in [-0.1, -0.05) is 17.7 Å². The van der Waals surface area contributed by atoms with Gasteiger partial charge in [-0.15, -0.1) is 0 Å². The van der Waals surface area contributed by atoms with Crippen LogP contribution in [0.3, 0.4) is 0 Å². The van der Waals surface area contributed by atoms with Crippen molar-refractivity contribution in [2.24, 2.45) is 0 Å². The van der Waals surface area contributed by atoms with Crippen LogP contribution in [0.15, 0.2) is 36.5 Å². The lowest BCUT2D eigenvalue weighted by Crippen LogP contribution is -2.37. The molecular formula is C21H19ClF2N8O2. The van der Waals surface area contributed by atoms with Gasteiger partial charge in [-0.2, -0.15) is 15.0 Å². The van der Waals surface area contributed by atoms with Gasteiger partial charge in [0.2, 0.25) is 17.8 Å². The minimum absolute atomic E-state index is 0.00744. The average molecular weight is 489 g/mol. The topological polar surface area (TPSA) is 103 Å². The number of morpholine rings is 1. The van der Waals surface area contributed by atoms with Gasteiger partial charge < -0.3 is 19.7 Å². The van der Waals surface area contributed by atoms with E-state index in [2.05, 4.69) is 30.2 Å². The Balaban J connectivity index is 1.68. The van der Waals surface area contributed by atoms with Crippen LogP contribution in [0, 0.1) is 0 Å². The van der Waals surface area contributed by atoms with E-state index >= 15 is 0 Å². The molecule has 1 saturated heterocycles. The van der Waals surface area contributed by atoms with E-state index in [0.29, 0.717) is 54.4 Å². The Morgan fingerprint density at radius 3 is 2.56 bits per heavy atom. The number of rotatable bonds is 6. The molecule has 1 aliphatic rings. The summed E-state index contributed by atoms with van der Waals surface area (Å²) in [6, 6.07) is 8.32. The summed E-state index contributed by atoms with van der Waals surface area (Å²) in [5.74, 6) is 0.333. The van der Waals surface area contributed by atoms with Gasteiger partial charge in [0.15, 0.2) is 5.82 Å². The summed E-state index contributed by atoms with van der Waals surface area (Å²) in [7, 11) is 1.46. The molecule has 3 aromatic heterocycles. The number of nitrogens with zero attached hydrogens (tertiary/aromatic N) is 7. The molecule has 176 valence electrons. The summed E-state index contributed by atoms with van der Waals surface area (Å²) < 4.78 is 40.1. The molecule has 0 aliphatic carbocycles. The second-order valence-corrected chi connectivity index (χ2v) is 7.67. The third-order valence-corrected chi connectivity index (χ3v) is 5.40. The van der Waals surface area contributed by atoms with Crippen molar-refractivity contribution in [3.8, 4) is 11.7 Å². The number of aromatic nitrogens is 6. The molecule has 1 fully saturated rings. The summed E-state index contributed by atoms with van der Waals surface area (Å²) in [6.45, 7) is 2.09. The molecule has 0 saturated carbocycles. The second kappa shape index (κ2) is 9.31. The van der Waals surface area contributed by atoms with Crippen LogP contribution in [-0.4, -0.2) is 62.9 Å². The Hall–Kier alpha value is -3.64. The largest absolute Gasteiger partial charge is 0.494 e. The smallest absolute Gasteiger partial charge is 0.296 e. The maximum absolute atomic E-state index is 14.1. The van der Waals surface area contributed by atoms with E-state index in [4.69, 9.17) is 21.1 Å². The Kier molecular flexibility index (Phi) is 6.07. The maximum atomic E-state index is 14.1. The summed E-state index contributed by atoms with van der Waals surface area (Å²) in [5.41, 5.74) is 1.23. The van der Waals surface area contributed by atoms with Crippen LogP contribution in [0.25, 0.3) is 17.0 Å². The van der Waals surface area contributed by atoms with Crippen molar-refractivity contribution in [3.63, 3.8) is 0 Å². The summed E-state index contributed by atoms with van der Waals surface area (Å²) >= 11 is 5.87. The van der Waals surface area contributed by atoms with Gasteiger partial charge in [0.1, 0.15) is 16.4 Å². The van der Waals surface area contributed by atoms with E-state index < -0.39 is 12.2 Å². The van der Waals surface area contributed by atoms with Crippen LogP contribution in [0.2, 0.25) is 5.15 Å². The van der Waals surface area contributed by atoms with Gasteiger partial charge in [0.05, 0.1) is 37.7 Å². The quantitative estimate of drug-likeness (QED) is 0.406. The van der Waals surface area contributed by atoms with Gasteiger partial charge in [-0.05, 0) is 24.3 Å². The fourth-order valence-corrected chi connectivity index (χ4v) is 3.72. The molecule has 0 bridgehead atoms. The fourth-order valence-electron chi connectivity index (χ4n) is 3.61. The first-order valence-corrected chi connectivity index (χ1v) is 10.7. The van der Waals surface area contributed by atoms with Crippen molar-refractivity contribution in [2.45, 2.75) is 6.43 Å². The van der Waals surface area contributed by atoms with E-state index in [0.717, 1.165) is 0 Å². The third kappa shape index (κ3) is 4.29. The predicted octanol–water partition coefficient (Wildman–Crippen LogP) is 3.79. The van der Waals surface area contributed by atoms with Crippen LogP contribution in [-0.2, 0) is 4.74 Å². The van der Waals surface area contributed by atoms with Crippen molar-refractivity contribution in [3.05, 3.63) is 47.5 Å². The molecule has 0 radical (unpaired) electrons. The van der Waals surface area contributed by atoms with E-state index in [9.17, 15) is 8.78 Å².